The van der Waals surface area contributed by atoms with Crippen LogP contribution in [-0.2, 0) is 11.0 Å². The molecular weight excluding hydrogens is 460 g/mol. The second-order valence-electron chi connectivity index (χ2n) is 5.62. The van der Waals surface area contributed by atoms with Crippen molar-refractivity contribution in [2.24, 2.45) is 0 Å². The van der Waals surface area contributed by atoms with Crippen LogP contribution in [0.1, 0.15) is 12.5 Å². The second-order valence-corrected chi connectivity index (χ2v) is 8.18. The standard InChI is InChI=1S/C16H10Cl3F3N4OS/c1-7(14(27)23-12-3-2-9(17)5-10(12)18)28-15-25-24-13-11(19)4-8(6-26(13)15)16(20,21)22/h2-7H,1H3,(H,23,27). The molecule has 148 valence electrons. The van der Waals surface area contributed by atoms with Gasteiger partial charge in [0, 0.05) is 11.2 Å². The molecule has 12 heteroatoms. The molecular formula is C16H10Cl3F3N4OS. The second kappa shape index (κ2) is 7.98. The molecule has 5 nitrogen and oxygen atoms in total. The SMILES string of the molecule is CC(Sc1nnc2c(Cl)cc(C(F)(F)F)cn12)C(=O)Nc1ccc(Cl)cc1Cl. The molecule has 0 aliphatic carbocycles. The zero-order chi connectivity index (χ0) is 20.6. The molecule has 0 aliphatic heterocycles. The van der Waals surface area contributed by atoms with Crippen LogP contribution in [-0.4, -0.2) is 25.8 Å². The number of thioether (sulfide) groups is 1. The van der Waals surface area contributed by atoms with Gasteiger partial charge in [0.05, 0.1) is 26.5 Å². The van der Waals surface area contributed by atoms with Crippen molar-refractivity contribution in [1.82, 2.24) is 14.6 Å². The third-order valence-corrected chi connectivity index (χ3v) is 5.48. The summed E-state index contributed by atoms with van der Waals surface area (Å²) in [5.41, 5.74) is -0.528. The van der Waals surface area contributed by atoms with E-state index < -0.39 is 22.9 Å². The smallest absolute Gasteiger partial charge is 0.324 e. The number of alkyl halides is 3. The van der Waals surface area contributed by atoms with Gasteiger partial charge in [0.1, 0.15) is 0 Å². The predicted octanol–water partition coefficient (Wildman–Crippen LogP) is 5.83. The number of carbonyl (C=O) groups is 1. The summed E-state index contributed by atoms with van der Waals surface area (Å²) < 4.78 is 40.2. The molecule has 2 heterocycles. The summed E-state index contributed by atoms with van der Waals surface area (Å²) in [6, 6.07) is 5.36. The molecule has 0 radical (unpaired) electrons. The fourth-order valence-electron chi connectivity index (χ4n) is 2.21. The van der Waals surface area contributed by atoms with E-state index in [0.717, 1.165) is 28.4 Å². The van der Waals surface area contributed by atoms with Crippen LogP contribution < -0.4 is 5.32 Å². The van der Waals surface area contributed by atoms with Crippen LogP contribution in [0.25, 0.3) is 5.65 Å². The van der Waals surface area contributed by atoms with E-state index in [1.54, 1.807) is 19.1 Å². The van der Waals surface area contributed by atoms with E-state index >= 15 is 0 Å². The lowest BCUT2D eigenvalue weighted by molar-refractivity contribution is -0.137. The number of hydrogen-bond acceptors (Lipinski definition) is 4. The van der Waals surface area contributed by atoms with Crippen molar-refractivity contribution in [1.29, 1.82) is 0 Å². The van der Waals surface area contributed by atoms with Crippen molar-refractivity contribution in [2.45, 2.75) is 23.5 Å². The molecule has 0 saturated heterocycles. The first-order valence-corrected chi connectivity index (χ1v) is 9.61. The summed E-state index contributed by atoms with van der Waals surface area (Å²) in [5, 5.41) is 10.1. The van der Waals surface area contributed by atoms with Gasteiger partial charge in [0.2, 0.25) is 5.91 Å². The molecule has 0 fully saturated rings. The van der Waals surface area contributed by atoms with Gasteiger partial charge < -0.3 is 5.32 Å². The summed E-state index contributed by atoms with van der Waals surface area (Å²) in [4.78, 5) is 12.4. The van der Waals surface area contributed by atoms with Crippen molar-refractivity contribution >= 4 is 63.8 Å². The zero-order valence-electron chi connectivity index (χ0n) is 13.9. The third-order valence-electron chi connectivity index (χ3n) is 3.60. The number of carbonyl (C=O) groups excluding carboxylic acids is 1. The zero-order valence-corrected chi connectivity index (χ0v) is 17.0. The van der Waals surface area contributed by atoms with E-state index in [0.29, 0.717) is 10.7 Å². The molecule has 1 unspecified atom stereocenters. The monoisotopic (exact) mass is 468 g/mol. The number of benzene rings is 1. The summed E-state index contributed by atoms with van der Waals surface area (Å²) in [6.07, 6.45) is -3.75. The van der Waals surface area contributed by atoms with Gasteiger partial charge in [-0.1, -0.05) is 46.6 Å². The van der Waals surface area contributed by atoms with Crippen LogP contribution in [0.3, 0.4) is 0 Å². The molecule has 1 N–H and O–H groups in total. The number of amides is 1. The highest BCUT2D eigenvalue weighted by molar-refractivity contribution is 8.00. The minimum Gasteiger partial charge on any atom is -0.324 e. The van der Waals surface area contributed by atoms with E-state index in [4.69, 9.17) is 34.8 Å². The molecule has 1 aromatic carbocycles. The highest BCUT2D eigenvalue weighted by atomic mass is 35.5. The number of hydrogen-bond donors (Lipinski definition) is 1. The molecule has 0 bridgehead atoms. The molecule has 0 saturated carbocycles. The Kier molecular flexibility index (Phi) is 6.00. The van der Waals surface area contributed by atoms with Gasteiger partial charge >= 0.3 is 6.18 Å². The maximum Gasteiger partial charge on any atom is 0.417 e. The molecule has 3 aromatic rings. The number of fused-ring (bicyclic) bond motifs is 1. The van der Waals surface area contributed by atoms with E-state index in [9.17, 15) is 18.0 Å². The molecule has 1 amide bonds. The quantitative estimate of drug-likeness (QED) is 0.489. The first-order chi connectivity index (χ1) is 13.1. The summed E-state index contributed by atoms with van der Waals surface area (Å²) in [5.74, 6) is -0.427. The minimum atomic E-state index is -4.58. The van der Waals surface area contributed by atoms with Crippen LogP contribution in [0.2, 0.25) is 15.1 Å². The highest BCUT2D eigenvalue weighted by Gasteiger charge is 2.32. The Hall–Kier alpha value is -1.68. The van der Waals surface area contributed by atoms with Gasteiger partial charge in [-0.05, 0) is 31.2 Å². The largest absolute Gasteiger partial charge is 0.417 e. The number of pyridine rings is 1. The normalized spacial score (nSPS) is 13.0. The molecule has 0 aliphatic rings. The average molecular weight is 470 g/mol. The van der Waals surface area contributed by atoms with Crippen molar-refractivity contribution in [3.05, 3.63) is 51.1 Å². The number of halogens is 6. The van der Waals surface area contributed by atoms with Crippen molar-refractivity contribution in [2.75, 3.05) is 5.32 Å². The number of nitrogens with zero attached hydrogens (tertiary/aromatic N) is 3. The van der Waals surface area contributed by atoms with Gasteiger partial charge in [-0.15, -0.1) is 10.2 Å². The lowest BCUT2D eigenvalue weighted by atomic mass is 10.3. The summed E-state index contributed by atoms with van der Waals surface area (Å²) >= 11 is 18.6. The van der Waals surface area contributed by atoms with Crippen LogP contribution in [0, 0.1) is 0 Å². The van der Waals surface area contributed by atoms with Crippen molar-refractivity contribution < 1.29 is 18.0 Å². The highest BCUT2D eigenvalue weighted by Crippen LogP contribution is 2.34. The number of aromatic nitrogens is 3. The topological polar surface area (TPSA) is 59.3 Å². The number of nitrogens with one attached hydrogen (secondary N) is 1. The van der Waals surface area contributed by atoms with Crippen molar-refractivity contribution in [3.63, 3.8) is 0 Å². The van der Waals surface area contributed by atoms with E-state index in [-0.39, 0.29) is 20.8 Å². The summed E-state index contributed by atoms with van der Waals surface area (Å²) in [6.45, 7) is 1.57. The Balaban J connectivity index is 1.83. The van der Waals surface area contributed by atoms with Gasteiger partial charge in [-0.2, -0.15) is 13.2 Å². The van der Waals surface area contributed by atoms with E-state index in [1.165, 1.54) is 6.07 Å². The molecule has 28 heavy (non-hydrogen) atoms. The summed E-state index contributed by atoms with van der Waals surface area (Å²) in [7, 11) is 0. The van der Waals surface area contributed by atoms with Gasteiger partial charge in [0.15, 0.2) is 10.8 Å². The first-order valence-electron chi connectivity index (χ1n) is 7.60. The van der Waals surface area contributed by atoms with E-state index in [1.807, 2.05) is 0 Å². The molecule has 3 rings (SSSR count). The van der Waals surface area contributed by atoms with Crippen molar-refractivity contribution in [3.8, 4) is 0 Å². The maximum atomic E-state index is 13.0. The van der Waals surface area contributed by atoms with Gasteiger partial charge in [0.25, 0.3) is 0 Å². The lowest BCUT2D eigenvalue weighted by Crippen LogP contribution is -2.22. The number of anilines is 1. The van der Waals surface area contributed by atoms with Crippen LogP contribution in [0.15, 0.2) is 35.6 Å². The lowest BCUT2D eigenvalue weighted by Gasteiger charge is -2.13. The third kappa shape index (κ3) is 4.48. The molecule has 2 aromatic heterocycles. The van der Waals surface area contributed by atoms with Gasteiger partial charge in [-0.3, -0.25) is 9.20 Å². The fraction of sp³-hybridized carbons (Fsp3) is 0.188. The van der Waals surface area contributed by atoms with Crippen LogP contribution in [0.5, 0.6) is 0 Å². The average Bonchev–Trinajstić information content (AvgIpc) is 3.00. The Morgan fingerprint density at radius 2 is 1.89 bits per heavy atom. The molecule has 1 atom stereocenters. The Morgan fingerprint density at radius 1 is 1.18 bits per heavy atom. The Morgan fingerprint density at radius 3 is 2.54 bits per heavy atom. The predicted molar refractivity (Wildman–Crippen MR) is 103 cm³/mol. The minimum absolute atomic E-state index is 0.0607. The first kappa shape index (κ1) is 21.0. The van der Waals surface area contributed by atoms with Gasteiger partial charge in [-0.25, -0.2) is 0 Å². The fourth-order valence-corrected chi connectivity index (χ4v) is 3.73. The van der Waals surface area contributed by atoms with Crippen LogP contribution >= 0.6 is 46.6 Å². The maximum absolute atomic E-state index is 13.0. The Labute approximate surface area is 176 Å². The van der Waals surface area contributed by atoms with Crippen LogP contribution in [0.4, 0.5) is 18.9 Å². The molecule has 0 spiro atoms. The Bertz CT molecular complexity index is 1060. The van der Waals surface area contributed by atoms with E-state index in [2.05, 4.69) is 15.5 Å². The number of rotatable bonds is 4.